The Bertz CT molecular complexity index is 750. The summed E-state index contributed by atoms with van der Waals surface area (Å²) < 4.78 is 17.2. The first-order valence-corrected chi connectivity index (χ1v) is 6.52. The lowest BCUT2D eigenvalue weighted by atomic mass is 10.0. The van der Waals surface area contributed by atoms with Gasteiger partial charge in [-0.05, 0) is 26.0 Å². The number of ether oxygens (including phenoxy) is 1. The molecule has 104 valence electrons. The largest absolute Gasteiger partial charge is 0.492 e. The summed E-state index contributed by atoms with van der Waals surface area (Å²) in [5.74, 6) is 2.39. The molecular weight excluding hydrogens is 254 g/mol. The van der Waals surface area contributed by atoms with Crippen LogP contribution in [0.2, 0.25) is 0 Å². The van der Waals surface area contributed by atoms with E-state index in [1.807, 2.05) is 38.1 Å². The zero-order valence-corrected chi connectivity index (χ0v) is 11.8. The quantitative estimate of drug-likeness (QED) is 0.787. The van der Waals surface area contributed by atoms with E-state index in [1.165, 1.54) is 0 Å². The molecule has 2 heterocycles. The minimum absolute atomic E-state index is 0.478. The molecule has 3 rings (SSSR count). The fourth-order valence-electron chi connectivity index (χ4n) is 2.56. The van der Waals surface area contributed by atoms with Crippen LogP contribution in [-0.4, -0.2) is 13.7 Å². The van der Waals surface area contributed by atoms with Crippen molar-refractivity contribution in [2.24, 2.45) is 5.73 Å². The number of nitrogens with two attached hydrogens (primary N) is 1. The number of benzene rings is 1. The first-order chi connectivity index (χ1) is 9.65. The maximum Gasteiger partial charge on any atom is 0.177 e. The van der Waals surface area contributed by atoms with Crippen molar-refractivity contribution in [3.63, 3.8) is 0 Å². The third kappa shape index (κ3) is 1.80. The second-order valence-corrected chi connectivity index (χ2v) is 4.78. The van der Waals surface area contributed by atoms with Crippen LogP contribution in [0.3, 0.4) is 0 Å². The molecule has 3 aromatic rings. The van der Waals surface area contributed by atoms with Gasteiger partial charge in [0.25, 0.3) is 0 Å². The van der Waals surface area contributed by atoms with E-state index < -0.39 is 0 Å². The number of aryl methyl sites for hydroxylation is 2. The molecule has 0 atom stereocenters. The molecule has 2 N–H and O–H groups in total. The Morgan fingerprint density at radius 1 is 1.10 bits per heavy atom. The predicted octanol–water partition coefficient (Wildman–Crippen LogP) is 3.78. The Hall–Kier alpha value is -2.20. The lowest BCUT2D eigenvalue weighted by Gasteiger charge is -2.05. The molecule has 0 aliphatic rings. The molecule has 0 saturated carbocycles. The van der Waals surface area contributed by atoms with Crippen LogP contribution in [0.5, 0.6) is 5.75 Å². The first-order valence-electron chi connectivity index (χ1n) is 6.52. The highest BCUT2D eigenvalue weighted by atomic mass is 16.5. The highest BCUT2D eigenvalue weighted by Crippen LogP contribution is 2.41. The molecule has 0 saturated heterocycles. The normalized spacial score (nSPS) is 12.0. The van der Waals surface area contributed by atoms with Crippen molar-refractivity contribution in [3.05, 3.63) is 35.3 Å². The van der Waals surface area contributed by atoms with Crippen LogP contribution in [0, 0.1) is 13.8 Å². The van der Waals surface area contributed by atoms with Crippen LogP contribution in [0.15, 0.2) is 27.0 Å². The molecule has 2 aromatic heterocycles. The van der Waals surface area contributed by atoms with Crippen LogP contribution in [0.25, 0.3) is 28.0 Å². The van der Waals surface area contributed by atoms with Crippen LogP contribution < -0.4 is 10.5 Å². The fraction of sp³-hybridized carbons (Fsp3) is 0.250. The standard InChI is InChI=1S/C16H17NO3/c1-9-7-12-11(5-4-6-17)14-13(8-10(2)19-14)15(18-3)16(12)20-9/h4-5,7-8H,6,17H2,1-3H3/b5-4+. The highest BCUT2D eigenvalue weighted by Gasteiger charge is 2.19. The molecule has 4 nitrogen and oxygen atoms in total. The van der Waals surface area contributed by atoms with Gasteiger partial charge in [-0.2, -0.15) is 0 Å². The maximum absolute atomic E-state index is 5.84. The van der Waals surface area contributed by atoms with Crippen molar-refractivity contribution in [2.45, 2.75) is 13.8 Å². The van der Waals surface area contributed by atoms with Gasteiger partial charge in [0.1, 0.15) is 17.1 Å². The minimum Gasteiger partial charge on any atom is -0.492 e. The van der Waals surface area contributed by atoms with Crippen molar-refractivity contribution < 1.29 is 13.6 Å². The van der Waals surface area contributed by atoms with Gasteiger partial charge in [0.15, 0.2) is 11.3 Å². The Kier molecular flexibility index (Phi) is 3.03. The molecule has 0 fully saturated rings. The van der Waals surface area contributed by atoms with Crippen molar-refractivity contribution in [2.75, 3.05) is 13.7 Å². The topological polar surface area (TPSA) is 61.5 Å². The SMILES string of the molecule is COc1c2cc(C)oc2c(/C=C/CN)c2cc(C)oc12. The molecule has 0 radical (unpaired) electrons. The number of fused-ring (bicyclic) bond motifs is 2. The summed E-state index contributed by atoms with van der Waals surface area (Å²) in [6.07, 6.45) is 3.88. The van der Waals surface area contributed by atoms with Gasteiger partial charge in [0, 0.05) is 17.5 Å². The van der Waals surface area contributed by atoms with Gasteiger partial charge in [-0.15, -0.1) is 0 Å². The van der Waals surface area contributed by atoms with Crippen LogP contribution >= 0.6 is 0 Å². The molecule has 20 heavy (non-hydrogen) atoms. The predicted molar refractivity (Wildman–Crippen MR) is 80.1 cm³/mol. The molecule has 0 spiro atoms. The zero-order chi connectivity index (χ0) is 14.3. The fourth-order valence-corrected chi connectivity index (χ4v) is 2.56. The number of rotatable bonds is 3. The second kappa shape index (κ2) is 4.72. The van der Waals surface area contributed by atoms with Crippen molar-refractivity contribution >= 4 is 28.0 Å². The lowest BCUT2D eigenvalue weighted by molar-refractivity contribution is 0.413. The summed E-state index contributed by atoms with van der Waals surface area (Å²) in [7, 11) is 1.64. The summed E-state index contributed by atoms with van der Waals surface area (Å²) >= 11 is 0. The first kappa shape index (κ1) is 12.8. The second-order valence-electron chi connectivity index (χ2n) is 4.78. The molecular formula is C16H17NO3. The molecule has 4 heteroatoms. The van der Waals surface area contributed by atoms with E-state index in [1.54, 1.807) is 7.11 Å². The average molecular weight is 271 g/mol. The monoisotopic (exact) mass is 271 g/mol. The Balaban J connectivity index is 2.50. The van der Waals surface area contributed by atoms with E-state index >= 15 is 0 Å². The number of methoxy groups -OCH3 is 1. The van der Waals surface area contributed by atoms with Crippen LogP contribution in [0.1, 0.15) is 17.1 Å². The van der Waals surface area contributed by atoms with E-state index in [4.69, 9.17) is 19.3 Å². The zero-order valence-electron chi connectivity index (χ0n) is 11.8. The van der Waals surface area contributed by atoms with Gasteiger partial charge in [0.2, 0.25) is 0 Å². The van der Waals surface area contributed by atoms with Gasteiger partial charge >= 0.3 is 0 Å². The van der Waals surface area contributed by atoms with Gasteiger partial charge in [-0.3, -0.25) is 0 Å². The van der Waals surface area contributed by atoms with Gasteiger partial charge in [0.05, 0.1) is 12.5 Å². The van der Waals surface area contributed by atoms with Gasteiger partial charge in [-0.1, -0.05) is 12.2 Å². The third-order valence-electron chi connectivity index (χ3n) is 3.32. The lowest BCUT2D eigenvalue weighted by Crippen LogP contribution is -1.92. The number of hydrogen-bond acceptors (Lipinski definition) is 4. The maximum atomic E-state index is 5.84. The molecule has 1 aromatic carbocycles. The Morgan fingerprint density at radius 3 is 2.40 bits per heavy atom. The smallest absolute Gasteiger partial charge is 0.177 e. The average Bonchev–Trinajstić information content (AvgIpc) is 2.96. The molecule has 0 aliphatic heterocycles. The third-order valence-corrected chi connectivity index (χ3v) is 3.32. The van der Waals surface area contributed by atoms with Crippen molar-refractivity contribution in [3.8, 4) is 5.75 Å². The van der Waals surface area contributed by atoms with E-state index in [0.29, 0.717) is 12.3 Å². The van der Waals surface area contributed by atoms with E-state index in [2.05, 4.69) is 0 Å². The van der Waals surface area contributed by atoms with E-state index in [-0.39, 0.29) is 0 Å². The van der Waals surface area contributed by atoms with E-state index in [9.17, 15) is 0 Å². The summed E-state index contributed by atoms with van der Waals surface area (Å²) in [6, 6.07) is 3.95. The van der Waals surface area contributed by atoms with E-state index in [0.717, 1.165) is 39.0 Å². The van der Waals surface area contributed by atoms with Crippen molar-refractivity contribution in [1.29, 1.82) is 0 Å². The number of furan rings is 2. The highest BCUT2D eigenvalue weighted by molar-refractivity contribution is 6.08. The van der Waals surface area contributed by atoms with Crippen LogP contribution in [-0.2, 0) is 0 Å². The minimum atomic E-state index is 0.478. The number of hydrogen-bond donors (Lipinski definition) is 1. The summed E-state index contributed by atoms with van der Waals surface area (Å²) in [6.45, 7) is 4.32. The molecule has 0 aliphatic carbocycles. The summed E-state index contributed by atoms with van der Waals surface area (Å²) in [5, 5.41) is 1.90. The Labute approximate surface area is 116 Å². The molecule has 0 amide bonds. The summed E-state index contributed by atoms with van der Waals surface area (Å²) in [5.41, 5.74) is 8.09. The molecule has 0 bridgehead atoms. The van der Waals surface area contributed by atoms with Gasteiger partial charge in [-0.25, -0.2) is 0 Å². The summed E-state index contributed by atoms with van der Waals surface area (Å²) in [4.78, 5) is 0. The molecule has 0 unspecified atom stereocenters. The van der Waals surface area contributed by atoms with Crippen LogP contribution in [0.4, 0.5) is 0 Å². The Morgan fingerprint density at radius 2 is 1.75 bits per heavy atom. The van der Waals surface area contributed by atoms with Gasteiger partial charge < -0.3 is 19.3 Å². The van der Waals surface area contributed by atoms with Crippen molar-refractivity contribution in [1.82, 2.24) is 0 Å².